The number of ether oxygens (including phenoxy) is 2. The lowest BCUT2D eigenvalue weighted by atomic mass is 10.1. The van der Waals surface area contributed by atoms with Gasteiger partial charge in [-0.05, 0) is 42.0 Å². The molecule has 0 aliphatic carbocycles. The van der Waals surface area contributed by atoms with Gasteiger partial charge in [-0.25, -0.2) is 4.79 Å². The lowest BCUT2D eigenvalue weighted by molar-refractivity contribution is 0.213. The molecular formula is C19H17NO4. The Kier molecular flexibility index (Phi) is 4.52. The van der Waals surface area contributed by atoms with Crippen LogP contribution in [-0.4, -0.2) is 17.8 Å². The van der Waals surface area contributed by atoms with Crippen molar-refractivity contribution >= 4 is 22.6 Å². The second-order valence-electron chi connectivity index (χ2n) is 5.11. The summed E-state index contributed by atoms with van der Waals surface area (Å²) in [5.74, 6) is 0.557. The fraction of sp³-hybridized carbons (Fsp3) is 0.105. The third-order valence-corrected chi connectivity index (χ3v) is 3.45. The smallest absolute Gasteiger partial charge is 0.417 e. The van der Waals surface area contributed by atoms with Gasteiger partial charge in [0.2, 0.25) is 0 Å². The van der Waals surface area contributed by atoms with Crippen LogP contribution in [0.4, 0.5) is 10.5 Å². The van der Waals surface area contributed by atoms with Crippen LogP contribution in [0.5, 0.6) is 17.2 Å². The van der Waals surface area contributed by atoms with E-state index in [0.717, 1.165) is 10.8 Å². The summed E-state index contributed by atoms with van der Waals surface area (Å²) in [6.07, 6.45) is -0.701. The monoisotopic (exact) mass is 323 g/mol. The number of para-hydroxylation sites is 2. The molecule has 0 aliphatic heterocycles. The number of phenolic OH excluding ortho intramolecular Hbond substituents is 1. The maximum Gasteiger partial charge on any atom is 0.417 e. The van der Waals surface area contributed by atoms with Crippen LogP contribution in [0.3, 0.4) is 0 Å². The molecule has 122 valence electrons. The standard InChI is InChI=1S/C19H17NO4/c1-2-23-17-10-6-5-9-15(17)20-19(22)24-18-12-14-8-4-3-7-13(14)11-16(18)21/h3-12,21H,2H2,1H3,(H,20,22). The van der Waals surface area contributed by atoms with Crippen molar-refractivity contribution < 1.29 is 19.4 Å². The summed E-state index contributed by atoms with van der Waals surface area (Å²) in [7, 11) is 0. The maximum absolute atomic E-state index is 12.1. The average Bonchev–Trinajstić information content (AvgIpc) is 2.57. The molecule has 5 heteroatoms. The molecule has 0 fully saturated rings. The van der Waals surface area contributed by atoms with Gasteiger partial charge in [-0.15, -0.1) is 0 Å². The zero-order valence-corrected chi connectivity index (χ0v) is 13.2. The summed E-state index contributed by atoms with van der Waals surface area (Å²) in [5.41, 5.74) is 0.504. The summed E-state index contributed by atoms with van der Waals surface area (Å²) in [5, 5.41) is 14.4. The van der Waals surface area contributed by atoms with Gasteiger partial charge in [0, 0.05) is 0 Å². The first-order valence-electron chi connectivity index (χ1n) is 7.60. The van der Waals surface area contributed by atoms with Crippen LogP contribution >= 0.6 is 0 Å². The summed E-state index contributed by atoms with van der Waals surface area (Å²) in [4.78, 5) is 12.1. The van der Waals surface area contributed by atoms with Gasteiger partial charge in [0.25, 0.3) is 0 Å². The molecule has 5 nitrogen and oxygen atoms in total. The number of hydrogen-bond donors (Lipinski definition) is 2. The Labute approximate surface area is 139 Å². The molecular weight excluding hydrogens is 306 g/mol. The molecule has 24 heavy (non-hydrogen) atoms. The van der Waals surface area contributed by atoms with Gasteiger partial charge in [-0.1, -0.05) is 36.4 Å². The first kappa shape index (κ1) is 15.7. The largest absolute Gasteiger partial charge is 0.504 e. The molecule has 3 aromatic carbocycles. The molecule has 0 spiro atoms. The molecule has 3 aromatic rings. The third kappa shape index (κ3) is 3.41. The highest BCUT2D eigenvalue weighted by Gasteiger charge is 2.12. The zero-order chi connectivity index (χ0) is 16.9. The molecule has 1 amide bonds. The van der Waals surface area contributed by atoms with Crippen molar-refractivity contribution in [1.29, 1.82) is 0 Å². The molecule has 0 atom stereocenters. The van der Waals surface area contributed by atoms with Gasteiger partial charge >= 0.3 is 6.09 Å². The van der Waals surface area contributed by atoms with E-state index in [1.165, 1.54) is 0 Å². The lowest BCUT2D eigenvalue weighted by Gasteiger charge is -2.12. The van der Waals surface area contributed by atoms with Gasteiger partial charge in [0.05, 0.1) is 12.3 Å². The number of amides is 1. The Bertz CT molecular complexity index is 876. The van der Waals surface area contributed by atoms with Crippen LogP contribution in [0.1, 0.15) is 6.92 Å². The van der Waals surface area contributed by atoms with Gasteiger partial charge in [-0.3, -0.25) is 5.32 Å². The quantitative estimate of drug-likeness (QED) is 0.739. The molecule has 0 aliphatic rings. The number of rotatable bonds is 4. The molecule has 0 aromatic heterocycles. The van der Waals surface area contributed by atoms with E-state index in [1.54, 1.807) is 30.3 Å². The van der Waals surface area contributed by atoms with E-state index in [2.05, 4.69) is 5.32 Å². The highest BCUT2D eigenvalue weighted by Crippen LogP contribution is 2.32. The Morgan fingerprint density at radius 1 is 1.00 bits per heavy atom. The van der Waals surface area contributed by atoms with Crippen molar-refractivity contribution in [3.63, 3.8) is 0 Å². The van der Waals surface area contributed by atoms with Crippen molar-refractivity contribution in [2.75, 3.05) is 11.9 Å². The van der Waals surface area contributed by atoms with Crippen molar-refractivity contribution in [3.05, 3.63) is 60.7 Å². The van der Waals surface area contributed by atoms with Crippen molar-refractivity contribution in [2.24, 2.45) is 0 Å². The van der Waals surface area contributed by atoms with Crippen LogP contribution in [0, 0.1) is 0 Å². The summed E-state index contributed by atoms with van der Waals surface area (Å²) >= 11 is 0. The minimum Gasteiger partial charge on any atom is -0.504 e. The van der Waals surface area contributed by atoms with E-state index in [4.69, 9.17) is 9.47 Å². The molecule has 0 saturated carbocycles. The molecule has 0 saturated heterocycles. The van der Waals surface area contributed by atoms with Crippen LogP contribution < -0.4 is 14.8 Å². The third-order valence-electron chi connectivity index (χ3n) is 3.45. The van der Waals surface area contributed by atoms with Crippen molar-refractivity contribution in [2.45, 2.75) is 6.92 Å². The molecule has 0 unspecified atom stereocenters. The second kappa shape index (κ2) is 6.91. The normalized spacial score (nSPS) is 10.4. The number of carbonyl (C=O) groups excluding carboxylic acids is 1. The summed E-state index contributed by atoms with van der Waals surface area (Å²) in [6, 6.07) is 17.8. The van der Waals surface area contributed by atoms with Gasteiger partial charge in [0.15, 0.2) is 11.5 Å². The highest BCUT2D eigenvalue weighted by molar-refractivity contribution is 5.91. The topological polar surface area (TPSA) is 67.8 Å². The van der Waals surface area contributed by atoms with Crippen LogP contribution in [0.25, 0.3) is 10.8 Å². The number of nitrogens with one attached hydrogen (secondary N) is 1. The molecule has 3 rings (SSSR count). The van der Waals surface area contributed by atoms with Gasteiger partial charge < -0.3 is 14.6 Å². The highest BCUT2D eigenvalue weighted by atomic mass is 16.6. The minimum atomic E-state index is -0.701. The lowest BCUT2D eigenvalue weighted by Crippen LogP contribution is -2.17. The summed E-state index contributed by atoms with van der Waals surface area (Å²) in [6.45, 7) is 2.35. The zero-order valence-electron chi connectivity index (χ0n) is 13.2. The maximum atomic E-state index is 12.1. The first-order valence-corrected chi connectivity index (χ1v) is 7.60. The van der Waals surface area contributed by atoms with E-state index >= 15 is 0 Å². The predicted molar refractivity (Wildman–Crippen MR) is 92.9 cm³/mol. The Hall–Kier alpha value is -3.21. The summed E-state index contributed by atoms with van der Waals surface area (Å²) < 4.78 is 10.7. The first-order chi connectivity index (χ1) is 11.7. The van der Waals surface area contributed by atoms with E-state index in [9.17, 15) is 9.90 Å². The fourth-order valence-electron chi connectivity index (χ4n) is 2.38. The number of hydrogen-bond acceptors (Lipinski definition) is 4. The SMILES string of the molecule is CCOc1ccccc1NC(=O)Oc1cc2ccccc2cc1O. The Morgan fingerprint density at radius 3 is 2.42 bits per heavy atom. The van der Waals surface area contributed by atoms with Crippen molar-refractivity contribution in [3.8, 4) is 17.2 Å². The predicted octanol–water partition coefficient (Wildman–Crippen LogP) is 4.56. The Balaban J connectivity index is 1.79. The minimum absolute atomic E-state index is 0.0954. The number of benzene rings is 3. The number of anilines is 1. The molecule has 0 heterocycles. The number of fused-ring (bicyclic) bond motifs is 1. The van der Waals surface area contributed by atoms with E-state index < -0.39 is 6.09 Å². The van der Waals surface area contributed by atoms with Crippen molar-refractivity contribution in [1.82, 2.24) is 0 Å². The van der Waals surface area contributed by atoms with E-state index in [-0.39, 0.29) is 11.5 Å². The van der Waals surface area contributed by atoms with E-state index in [1.807, 2.05) is 37.3 Å². The molecule has 0 bridgehead atoms. The van der Waals surface area contributed by atoms with Crippen LogP contribution in [0.15, 0.2) is 60.7 Å². The van der Waals surface area contributed by atoms with Crippen LogP contribution in [-0.2, 0) is 0 Å². The molecule has 2 N–H and O–H groups in total. The fourth-order valence-corrected chi connectivity index (χ4v) is 2.38. The average molecular weight is 323 g/mol. The van der Waals surface area contributed by atoms with Gasteiger partial charge in [-0.2, -0.15) is 0 Å². The van der Waals surface area contributed by atoms with Crippen LogP contribution in [0.2, 0.25) is 0 Å². The van der Waals surface area contributed by atoms with Gasteiger partial charge in [0.1, 0.15) is 5.75 Å². The number of carbonyl (C=O) groups is 1. The van der Waals surface area contributed by atoms with E-state index in [0.29, 0.717) is 18.0 Å². The number of phenols is 1. The second-order valence-corrected chi connectivity index (χ2v) is 5.11. The number of aromatic hydroxyl groups is 1. The molecule has 0 radical (unpaired) electrons. The Morgan fingerprint density at radius 2 is 1.67 bits per heavy atom.